The van der Waals surface area contributed by atoms with Crippen molar-refractivity contribution in [2.24, 2.45) is 0 Å². The lowest BCUT2D eigenvalue weighted by Gasteiger charge is -2.11. The van der Waals surface area contributed by atoms with E-state index in [9.17, 15) is 0 Å². The first-order valence-electron chi connectivity index (χ1n) is 5.67. The molecule has 19 heavy (non-hydrogen) atoms. The zero-order valence-electron chi connectivity index (χ0n) is 10.3. The Hall–Kier alpha value is -1.50. The molecule has 0 spiro atoms. The Morgan fingerprint density at radius 1 is 1.32 bits per heavy atom. The Kier molecular flexibility index (Phi) is 4.47. The van der Waals surface area contributed by atoms with Crippen LogP contribution in [-0.2, 0) is 6.61 Å². The third kappa shape index (κ3) is 3.50. The van der Waals surface area contributed by atoms with Gasteiger partial charge in [-0.25, -0.2) is 0 Å². The fourth-order valence-corrected chi connectivity index (χ4v) is 2.78. The first kappa shape index (κ1) is 13.9. The fraction of sp³-hybridized carbons (Fsp3) is 0.133. The largest absolute Gasteiger partial charge is 0.487 e. The Morgan fingerprint density at radius 3 is 2.79 bits per heavy atom. The maximum absolute atomic E-state index is 8.85. The van der Waals surface area contributed by atoms with Crippen LogP contribution in [0.3, 0.4) is 0 Å². The molecule has 0 unspecified atom stereocenters. The van der Waals surface area contributed by atoms with Gasteiger partial charge in [0.15, 0.2) is 0 Å². The molecule has 2 aromatic rings. The number of aryl methyl sites for hydroxylation is 1. The van der Waals surface area contributed by atoms with Crippen molar-refractivity contribution in [2.45, 2.75) is 13.5 Å². The van der Waals surface area contributed by atoms with E-state index in [-0.39, 0.29) is 0 Å². The van der Waals surface area contributed by atoms with Crippen LogP contribution in [0.1, 0.15) is 16.7 Å². The Balaban J connectivity index is 2.17. The molecule has 0 aromatic heterocycles. The van der Waals surface area contributed by atoms with Gasteiger partial charge in [0.05, 0.1) is 16.7 Å². The van der Waals surface area contributed by atoms with Crippen molar-refractivity contribution >= 4 is 27.5 Å². The minimum Gasteiger partial charge on any atom is -0.487 e. The predicted octanol–water partition coefficient (Wildman–Crippen LogP) is 4.86. The molecule has 0 saturated heterocycles. The first-order chi connectivity index (χ1) is 9.10. The van der Waals surface area contributed by atoms with Crippen LogP contribution in [0.25, 0.3) is 0 Å². The number of halogens is 2. The summed E-state index contributed by atoms with van der Waals surface area (Å²) in [7, 11) is 0. The summed E-state index contributed by atoms with van der Waals surface area (Å²) in [5, 5.41) is 9.42. The number of ether oxygens (including phenoxy) is 1. The quantitative estimate of drug-likeness (QED) is 0.801. The van der Waals surface area contributed by atoms with Gasteiger partial charge in [0, 0.05) is 4.47 Å². The van der Waals surface area contributed by atoms with Gasteiger partial charge in [-0.15, -0.1) is 0 Å². The number of nitriles is 1. The van der Waals surface area contributed by atoms with Crippen molar-refractivity contribution in [3.8, 4) is 11.8 Å². The lowest BCUT2D eigenvalue weighted by Crippen LogP contribution is -1.98. The Bertz CT molecular complexity index is 626. The minimum absolute atomic E-state index is 0.387. The molecule has 0 aliphatic heterocycles. The van der Waals surface area contributed by atoms with Gasteiger partial charge in [-0.3, -0.25) is 0 Å². The molecule has 0 N–H and O–H groups in total. The maximum atomic E-state index is 8.85. The highest BCUT2D eigenvalue weighted by Gasteiger charge is 2.07. The molecule has 0 saturated carbocycles. The van der Waals surface area contributed by atoms with Crippen LogP contribution in [0.2, 0.25) is 5.02 Å². The molecular weight excluding hydrogens is 326 g/mol. The summed E-state index contributed by atoms with van der Waals surface area (Å²) in [6, 6.07) is 13.2. The average molecular weight is 337 g/mol. The van der Waals surface area contributed by atoms with E-state index < -0.39 is 0 Å². The Labute approximate surface area is 125 Å². The third-order valence-electron chi connectivity index (χ3n) is 2.63. The Morgan fingerprint density at radius 2 is 2.11 bits per heavy atom. The molecule has 2 nitrogen and oxygen atoms in total. The fourth-order valence-electron chi connectivity index (χ4n) is 1.76. The molecule has 0 amide bonds. The molecule has 0 aliphatic carbocycles. The second-order valence-corrected chi connectivity index (χ2v) is 5.46. The summed E-state index contributed by atoms with van der Waals surface area (Å²) >= 11 is 9.54. The van der Waals surface area contributed by atoms with E-state index in [2.05, 4.69) is 22.0 Å². The normalized spacial score (nSPS) is 10.0. The monoisotopic (exact) mass is 335 g/mol. The van der Waals surface area contributed by atoms with Crippen LogP contribution in [0.15, 0.2) is 40.9 Å². The van der Waals surface area contributed by atoms with Gasteiger partial charge in [-0.1, -0.05) is 39.7 Å². The van der Waals surface area contributed by atoms with Gasteiger partial charge in [0.1, 0.15) is 12.4 Å². The van der Waals surface area contributed by atoms with Gasteiger partial charge >= 0.3 is 0 Å². The van der Waals surface area contributed by atoms with Crippen LogP contribution < -0.4 is 4.74 Å². The topological polar surface area (TPSA) is 33.0 Å². The van der Waals surface area contributed by atoms with Gasteiger partial charge in [0.2, 0.25) is 0 Å². The predicted molar refractivity (Wildman–Crippen MR) is 79.4 cm³/mol. The summed E-state index contributed by atoms with van der Waals surface area (Å²) < 4.78 is 6.67. The average Bonchev–Trinajstić information content (AvgIpc) is 2.37. The summed E-state index contributed by atoms with van der Waals surface area (Å²) in [6.45, 7) is 2.33. The van der Waals surface area contributed by atoms with Gasteiger partial charge in [0.25, 0.3) is 0 Å². The lowest BCUT2D eigenvalue weighted by atomic mass is 10.1. The van der Waals surface area contributed by atoms with Crippen LogP contribution in [0, 0.1) is 18.3 Å². The van der Waals surface area contributed by atoms with E-state index >= 15 is 0 Å². The third-order valence-corrected chi connectivity index (χ3v) is 3.37. The molecule has 0 atom stereocenters. The zero-order valence-corrected chi connectivity index (χ0v) is 12.6. The summed E-state index contributed by atoms with van der Waals surface area (Å²) in [6.07, 6.45) is 0. The van der Waals surface area contributed by atoms with Crippen molar-refractivity contribution in [2.75, 3.05) is 0 Å². The van der Waals surface area contributed by atoms with Crippen LogP contribution in [0.4, 0.5) is 0 Å². The number of hydrogen-bond donors (Lipinski definition) is 0. The van der Waals surface area contributed by atoms with E-state index in [0.717, 1.165) is 15.6 Å². The van der Waals surface area contributed by atoms with E-state index in [0.29, 0.717) is 22.9 Å². The highest BCUT2D eigenvalue weighted by atomic mass is 79.9. The second kappa shape index (κ2) is 6.10. The highest BCUT2D eigenvalue weighted by Crippen LogP contribution is 2.32. The van der Waals surface area contributed by atoms with Crippen molar-refractivity contribution in [3.63, 3.8) is 0 Å². The first-order valence-corrected chi connectivity index (χ1v) is 6.84. The van der Waals surface area contributed by atoms with E-state index in [4.69, 9.17) is 21.6 Å². The minimum atomic E-state index is 0.387. The summed E-state index contributed by atoms with van der Waals surface area (Å²) in [4.78, 5) is 0. The van der Waals surface area contributed by atoms with Crippen molar-refractivity contribution in [3.05, 3.63) is 62.6 Å². The number of benzene rings is 2. The molecule has 4 heteroatoms. The molecule has 0 radical (unpaired) electrons. The second-order valence-electron chi connectivity index (χ2n) is 4.13. The smallest absolute Gasteiger partial charge is 0.141 e. The molecule has 0 aliphatic rings. The number of rotatable bonds is 3. The molecular formula is C15H11BrClNO. The number of nitrogens with zero attached hydrogens (tertiary/aromatic N) is 1. The highest BCUT2D eigenvalue weighted by molar-refractivity contribution is 9.10. The molecule has 0 fully saturated rings. The SMILES string of the molecule is Cc1cc(Br)cc(Cl)c1OCc1cccc(C#N)c1. The molecule has 0 bridgehead atoms. The lowest BCUT2D eigenvalue weighted by molar-refractivity contribution is 0.304. The summed E-state index contributed by atoms with van der Waals surface area (Å²) in [5.74, 6) is 0.673. The van der Waals surface area contributed by atoms with E-state index in [1.54, 1.807) is 12.1 Å². The van der Waals surface area contributed by atoms with Crippen molar-refractivity contribution in [1.29, 1.82) is 5.26 Å². The van der Waals surface area contributed by atoms with E-state index in [1.165, 1.54) is 0 Å². The maximum Gasteiger partial charge on any atom is 0.141 e. The standard InChI is InChI=1S/C15H11BrClNO/c1-10-5-13(16)7-14(17)15(10)19-9-12-4-2-3-11(6-12)8-18/h2-7H,9H2,1H3. The van der Waals surface area contributed by atoms with Crippen LogP contribution >= 0.6 is 27.5 Å². The molecule has 2 aromatic carbocycles. The van der Waals surface area contributed by atoms with Gasteiger partial charge in [-0.05, 0) is 42.3 Å². The number of hydrogen-bond acceptors (Lipinski definition) is 2. The van der Waals surface area contributed by atoms with Crippen molar-refractivity contribution in [1.82, 2.24) is 0 Å². The van der Waals surface area contributed by atoms with Crippen molar-refractivity contribution < 1.29 is 4.74 Å². The molecule has 2 rings (SSSR count). The van der Waals surface area contributed by atoms with Crippen LogP contribution in [-0.4, -0.2) is 0 Å². The van der Waals surface area contributed by atoms with Crippen LogP contribution in [0.5, 0.6) is 5.75 Å². The molecule has 96 valence electrons. The zero-order chi connectivity index (χ0) is 13.8. The summed E-state index contributed by atoms with van der Waals surface area (Å²) in [5.41, 5.74) is 2.54. The van der Waals surface area contributed by atoms with E-state index in [1.807, 2.05) is 31.2 Å². The van der Waals surface area contributed by atoms with Gasteiger partial charge in [-0.2, -0.15) is 5.26 Å². The molecule has 0 heterocycles. The van der Waals surface area contributed by atoms with Gasteiger partial charge < -0.3 is 4.74 Å².